The first-order chi connectivity index (χ1) is 12.4. The van der Waals surface area contributed by atoms with E-state index in [0.717, 1.165) is 6.42 Å². The van der Waals surface area contributed by atoms with Crippen LogP contribution in [-0.4, -0.2) is 49.0 Å². The number of anilines is 1. The fourth-order valence-electron chi connectivity index (χ4n) is 2.14. The van der Waals surface area contributed by atoms with Gasteiger partial charge in [0, 0.05) is 25.5 Å². The highest BCUT2D eigenvalue weighted by Gasteiger charge is 2.21. The molecular weight excluding hydrogens is 340 g/mol. The summed E-state index contributed by atoms with van der Waals surface area (Å²) < 4.78 is 2.73. The third-order valence-corrected chi connectivity index (χ3v) is 3.68. The number of carbonyl (C=O) groups excluding carboxylic acids is 2. The fourth-order valence-corrected chi connectivity index (χ4v) is 2.14. The summed E-state index contributed by atoms with van der Waals surface area (Å²) in [5.41, 5.74) is 0.431. The van der Waals surface area contributed by atoms with Gasteiger partial charge in [-0.25, -0.2) is 4.79 Å². The zero-order valence-electron chi connectivity index (χ0n) is 14.9. The lowest BCUT2D eigenvalue weighted by atomic mass is 10.3. The molecule has 0 saturated heterocycles. The van der Waals surface area contributed by atoms with E-state index in [0.29, 0.717) is 13.1 Å². The van der Waals surface area contributed by atoms with Crippen molar-refractivity contribution < 1.29 is 19.5 Å². The molecule has 2 aromatic rings. The van der Waals surface area contributed by atoms with Crippen molar-refractivity contribution in [1.82, 2.24) is 24.9 Å². The van der Waals surface area contributed by atoms with Crippen LogP contribution in [0.1, 0.15) is 54.2 Å². The molecule has 1 unspecified atom stereocenters. The summed E-state index contributed by atoms with van der Waals surface area (Å²) in [6.45, 7) is 6.29. The van der Waals surface area contributed by atoms with Gasteiger partial charge in [0.05, 0.1) is 5.69 Å². The van der Waals surface area contributed by atoms with Crippen molar-refractivity contribution in [3.05, 3.63) is 29.8 Å². The molecule has 0 aliphatic rings. The molecule has 2 rings (SSSR count). The van der Waals surface area contributed by atoms with Gasteiger partial charge in [-0.05, 0) is 26.3 Å². The fraction of sp³-hybridized carbons (Fsp3) is 0.438. The van der Waals surface area contributed by atoms with Crippen LogP contribution in [-0.2, 0) is 11.3 Å². The largest absolute Gasteiger partial charge is 0.480 e. The zero-order valence-corrected chi connectivity index (χ0v) is 14.9. The number of hydrogen-bond acceptors (Lipinski definition) is 5. The minimum absolute atomic E-state index is 0.0438. The van der Waals surface area contributed by atoms with Crippen LogP contribution in [0.15, 0.2) is 18.5 Å². The number of nitrogens with one attached hydrogen (secondary N) is 2. The zero-order chi connectivity index (χ0) is 19.3. The molecule has 3 N–H and O–H groups in total. The smallest absolute Gasteiger partial charge is 0.328 e. The molecule has 10 nitrogen and oxygen atoms in total. The molecule has 2 aromatic heterocycles. The Morgan fingerprint density at radius 3 is 2.58 bits per heavy atom. The average molecular weight is 362 g/mol. The van der Waals surface area contributed by atoms with Crippen LogP contribution in [0.4, 0.5) is 5.69 Å². The number of carbonyl (C=O) groups is 3. The summed E-state index contributed by atoms with van der Waals surface area (Å²) in [7, 11) is 0. The van der Waals surface area contributed by atoms with Crippen molar-refractivity contribution in [1.29, 1.82) is 0 Å². The number of rotatable bonds is 8. The third kappa shape index (κ3) is 4.26. The highest BCUT2D eigenvalue weighted by atomic mass is 16.4. The Labute approximate surface area is 150 Å². The summed E-state index contributed by atoms with van der Waals surface area (Å²) in [5, 5.41) is 22.5. The summed E-state index contributed by atoms with van der Waals surface area (Å²) in [6, 6.07) is 0.519. The number of carboxylic acids is 1. The van der Waals surface area contributed by atoms with E-state index in [4.69, 9.17) is 5.11 Å². The van der Waals surface area contributed by atoms with Crippen LogP contribution >= 0.6 is 0 Å². The monoisotopic (exact) mass is 362 g/mol. The molecule has 0 spiro atoms. The summed E-state index contributed by atoms with van der Waals surface area (Å²) in [6.07, 6.45) is 3.76. The van der Waals surface area contributed by atoms with E-state index in [2.05, 4.69) is 20.8 Å². The summed E-state index contributed by atoms with van der Waals surface area (Å²) in [4.78, 5) is 35.6. The molecule has 0 radical (unpaired) electrons. The van der Waals surface area contributed by atoms with E-state index in [1.807, 2.05) is 13.8 Å². The molecule has 0 aliphatic carbocycles. The Kier molecular flexibility index (Phi) is 6.10. The number of carboxylic acid groups (broad SMARTS) is 1. The molecule has 0 bridgehead atoms. The number of nitrogens with zero attached hydrogens (tertiary/aromatic N) is 4. The van der Waals surface area contributed by atoms with Crippen LogP contribution < -0.4 is 10.6 Å². The average Bonchev–Trinajstić information content (AvgIpc) is 3.25. The van der Waals surface area contributed by atoms with E-state index in [9.17, 15) is 14.4 Å². The second-order valence-electron chi connectivity index (χ2n) is 5.65. The lowest BCUT2D eigenvalue weighted by Crippen LogP contribution is -2.26. The highest BCUT2D eigenvalue weighted by Crippen LogP contribution is 2.16. The van der Waals surface area contributed by atoms with Crippen molar-refractivity contribution in [2.45, 2.75) is 39.8 Å². The van der Waals surface area contributed by atoms with Gasteiger partial charge in [-0.3, -0.25) is 19.0 Å². The molecule has 0 aliphatic heterocycles. The van der Waals surface area contributed by atoms with E-state index < -0.39 is 17.9 Å². The molecule has 0 saturated carbocycles. The van der Waals surface area contributed by atoms with Crippen LogP contribution in [0.5, 0.6) is 0 Å². The van der Waals surface area contributed by atoms with Crippen LogP contribution in [0, 0.1) is 0 Å². The Hall–Kier alpha value is -3.17. The normalized spacial score (nSPS) is 11.8. The first-order valence-electron chi connectivity index (χ1n) is 8.32. The van der Waals surface area contributed by atoms with Crippen LogP contribution in [0.25, 0.3) is 0 Å². The molecule has 0 aromatic carbocycles. The highest BCUT2D eigenvalue weighted by molar-refractivity contribution is 6.07. The first-order valence-corrected chi connectivity index (χ1v) is 8.32. The Balaban J connectivity index is 2.19. The maximum absolute atomic E-state index is 12.4. The molecule has 2 amide bonds. The minimum atomic E-state index is -1.06. The van der Waals surface area contributed by atoms with E-state index in [1.165, 1.54) is 23.9 Å². The van der Waals surface area contributed by atoms with Gasteiger partial charge in [0.2, 0.25) is 0 Å². The van der Waals surface area contributed by atoms with Gasteiger partial charge in [-0.2, -0.15) is 10.2 Å². The van der Waals surface area contributed by atoms with Crippen molar-refractivity contribution in [3.8, 4) is 0 Å². The van der Waals surface area contributed by atoms with E-state index in [-0.39, 0.29) is 23.0 Å². The molecule has 1 atom stereocenters. The maximum Gasteiger partial charge on any atom is 0.328 e. The number of amides is 2. The molecule has 10 heteroatoms. The van der Waals surface area contributed by atoms with Gasteiger partial charge in [-0.15, -0.1) is 0 Å². The van der Waals surface area contributed by atoms with Gasteiger partial charge in [0.15, 0.2) is 11.4 Å². The standard InChI is InChI=1S/C16H22N6O4/c1-4-7-17-15(24)13-12(9-21(5-2)20-13)18-14(23)11-6-8-22(19-11)10(3)16(25)26/h6,8-10H,4-5,7H2,1-3H3,(H,17,24)(H,18,23)(H,25,26). The quantitative estimate of drug-likeness (QED) is 0.645. The second-order valence-corrected chi connectivity index (χ2v) is 5.65. The van der Waals surface area contributed by atoms with Gasteiger partial charge >= 0.3 is 5.97 Å². The Morgan fingerprint density at radius 1 is 1.23 bits per heavy atom. The van der Waals surface area contributed by atoms with Crippen molar-refractivity contribution in [2.24, 2.45) is 0 Å². The minimum Gasteiger partial charge on any atom is -0.480 e. The van der Waals surface area contributed by atoms with Gasteiger partial charge in [-0.1, -0.05) is 6.92 Å². The predicted molar refractivity (Wildman–Crippen MR) is 93.1 cm³/mol. The Morgan fingerprint density at radius 2 is 1.96 bits per heavy atom. The SMILES string of the molecule is CCCNC(=O)c1nn(CC)cc1NC(=O)c1ccn(C(C)C(=O)O)n1. The van der Waals surface area contributed by atoms with Gasteiger partial charge < -0.3 is 15.7 Å². The molecule has 2 heterocycles. The van der Waals surface area contributed by atoms with E-state index in [1.54, 1.807) is 10.9 Å². The van der Waals surface area contributed by atoms with Crippen molar-refractivity contribution in [2.75, 3.05) is 11.9 Å². The number of aliphatic carboxylic acids is 1. The topological polar surface area (TPSA) is 131 Å². The van der Waals surface area contributed by atoms with Crippen LogP contribution in [0.2, 0.25) is 0 Å². The van der Waals surface area contributed by atoms with Crippen LogP contribution in [0.3, 0.4) is 0 Å². The summed E-state index contributed by atoms with van der Waals surface area (Å²) >= 11 is 0. The number of aryl methyl sites for hydroxylation is 1. The lowest BCUT2D eigenvalue weighted by molar-refractivity contribution is -0.140. The maximum atomic E-state index is 12.4. The van der Waals surface area contributed by atoms with E-state index >= 15 is 0 Å². The lowest BCUT2D eigenvalue weighted by Gasteiger charge is -2.06. The first kappa shape index (κ1) is 19.2. The molecule has 140 valence electrons. The molecular formula is C16H22N6O4. The molecule has 26 heavy (non-hydrogen) atoms. The van der Waals surface area contributed by atoms with Crippen molar-refractivity contribution in [3.63, 3.8) is 0 Å². The van der Waals surface area contributed by atoms with Crippen molar-refractivity contribution >= 4 is 23.5 Å². The number of aromatic nitrogens is 4. The summed E-state index contributed by atoms with van der Waals surface area (Å²) in [5.74, 6) is -1.99. The molecule has 0 fully saturated rings. The Bertz CT molecular complexity index is 810. The second kappa shape index (κ2) is 8.28. The van der Waals surface area contributed by atoms with Gasteiger partial charge in [0.25, 0.3) is 11.8 Å². The number of hydrogen-bond donors (Lipinski definition) is 3. The third-order valence-electron chi connectivity index (χ3n) is 3.68. The van der Waals surface area contributed by atoms with Gasteiger partial charge in [0.1, 0.15) is 6.04 Å². The predicted octanol–water partition coefficient (Wildman–Crippen LogP) is 1.14.